The van der Waals surface area contributed by atoms with E-state index in [1.165, 1.54) is 6.42 Å². The van der Waals surface area contributed by atoms with Gasteiger partial charge in [0.2, 0.25) is 0 Å². The van der Waals surface area contributed by atoms with Crippen LogP contribution >= 0.6 is 0 Å². The first-order valence-electron chi connectivity index (χ1n) is 11.1. The average molecular weight is 430 g/mol. The lowest BCUT2D eigenvalue weighted by Gasteiger charge is -2.31. The van der Waals surface area contributed by atoms with Gasteiger partial charge in [-0.15, -0.1) is 0 Å². The lowest BCUT2D eigenvalue weighted by atomic mass is 9.83. The van der Waals surface area contributed by atoms with E-state index in [0.29, 0.717) is 23.7 Å². The van der Waals surface area contributed by atoms with Crippen LogP contribution in [0.25, 0.3) is 11.0 Å². The number of ether oxygens (including phenoxy) is 1. The SMILES string of the molecule is Cc1cc(C(=O)NC(CNC(=O)OC(C)(C)C)C2CCCCC2)c2c(C)nn(C)c2n1. The second-order valence-electron chi connectivity index (χ2n) is 9.58. The second-order valence-corrected chi connectivity index (χ2v) is 9.58. The highest BCUT2D eigenvalue weighted by atomic mass is 16.6. The molecule has 1 fully saturated rings. The van der Waals surface area contributed by atoms with E-state index in [-0.39, 0.29) is 11.9 Å². The smallest absolute Gasteiger partial charge is 0.407 e. The van der Waals surface area contributed by atoms with Crippen molar-refractivity contribution in [1.29, 1.82) is 0 Å². The van der Waals surface area contributed by atoms with Crippen molar-refractivity contribution in [1.82, 2.24) is 25.4 Å². The maximum atomic E-state index is 13.4. The summed E-state index contributed by atoms with van der Waals surface area (Å²) in [4.78, 5) is 30.1. The lowest BCUT2D eigenvalue weighted by molar-refractivity contribution is 0.0512. The number of aromatic nitrogens is 3. The number of alkyl carbamates (subject to hydrolysis) is 1. The Labute approximate surface area is 184 Å². The first kappa shape index (κ1) is 23.0. The third-order valence-corrected chi connectivity index (χ3v) is 5.74. The van der Waals surface area contributed by atoms with Crippen molar-refractivity contribution in [3.05, 3.63) is 23.0 Å². The molecule has 2 heterocycles. The predicted octanol–water partition coefficient (Wildman–Crippen LogP) is 3.79. The van der Waals surface area contributed by atoms with E-state index in [4.69, 9.17) is 4.74 Å². The lowest BCUT2D eigenvalue weighted by Crippen LogP contribution is -2.49. The third kappa shape index (κ3) is 5.74. The van der Waals surface area contributed by atoms with Crippen LogP contribution in [0.15, 0.2) is 6.07 Å². The minimum absolute atomic E-state index is 0.159. The van der Waals surface area contributed by atoms with Gasteiger partial charge in [-0.1, -0.05) is 19.3 Å². The molecule has 170 valence electrons. The van der Waals surface area contributed by atoms with Crippen LogP contribution < -0.4 is 10.6 Å². The molecule has 0 radical (unpaired) electrons. The second kappa shape index (κ2) is 9.24. The quantitative estimate of drug-likeness (QED) is 0.754. The van der Waals surface area contributed by atoms with Crippen LogP contribution in [0.4, 0.5) is 4.79 Å². The Morgan fingerprint density at radius 2 is 1.90 bits per heavy atom. The summed E-state index contributed by atoms with van der Waals surface area (Å²) in [6.07, 6.45) is 5.12. The zero-order chi connectivity index (χ0) is 22.8. The summed E-state index contributed by atoms with van der Waals surface area (Å²) in [7, 11) is 1.83. The van der Waals surface area contributed by atoms with Crippen LogP contribution in [0.3, 0.4) is 0 Å². The number of hydrogen-bond donors (Lipinski definition) is 2. The molecule has 0 bridgehead atoms. The Kier molecular flexibility index (Phi) is 6.86. The van der Waals surface area contributed by atoms with Gasteiger partial charge in [0.1, 0.15) is 5.60 Å². The molecule has 0 spiro atoms. The Hall–Kier alpha value is -2.64. The van der Waals surface area contributed by atoms with Crippen molar-refractivity contribution in [2.75, 3.05) is 6.54 Å². The number of fused-ring (bicyclic) bond motifs is 1. The Morgan fingerprint density at radius 1 is 1.23 bits per heavy atom. The van der Waals surface area contributed by atoms with Gasteiger partial charge in [0.25, 0.3) is 5.91 Å². The van der Waals surface area contributed by atoms with Crippen LogP contribution in [0.5, 0.6) is 0 Å². The van der Waals surface area contributed by atoms with E-state index in [0.717, 1.165) is 42.5 Å². The van der Waals surface area contributed by atoms with Crippen LogP contribution in [-0.4, -0.2) is 45.0 Å². The largest absolute Gasteiger partial charge is 0.444 e. The van der Waals surface area contributed by atoms with Gasteiger partial charge in [-0.2, -0.15) is 5.10 Å². The molecule has 1 unspecified atom stereocenters. The molecular weight excluding hydrogens is 394 g/mol. The van der Waals surface area contributed by atoms with Gasteiger partial charge in [-0.05, 0) is 59.4 Å². The van der Waals surface area contributed by atoms with Gasteiger partial charge >= 0.3 is 6.09 Å². The van der Waals surface area contributed by atoms with Gasteiger partial charge in [-0.3, -0.25) is 9.48 Å². The van der Waals surface area contributed by atoms with Crippen molar-refractivity contribution >= 4 is 23.0 Å². The molecule has 31 heavy (non-hydrogen) atoms. The summed E-state index contributed by atoms with van der Waals surface area (Å²) in [6, 6.07) is 1.65. The number of carbonyl (C=O) groups is 2. The molecule has 1 aliphatic carbocycles. The minimum atomic E-state index is -0.564. The Morgan fingerprint density at radius 3 is 2.55 bits per heavy atom. The summed E-state index contributed by atoms with van der Waals surface area (Å²) in [6.45, 7) is 9.60. The normalized spacial score (nSPS) is 16.2. The molecule has 0 aliphatic heterocycles. The minimum Gasteiger partial charge on any atom is -0.444 e. The molecular formula is C23H35N5O3. The Bertz CT molecular complexity index is 954. The van der Waals surface area contributed by atoms with Gasteiger partial charge in [-0.25, -0.2) is 9.78 Å². The van der Waals surface area contributed by atoms with Crippen LogP contribution in [0, 0.1) is 19.8 Å². The molecule has 2 aromatic rings. The predicted molar refractivity (Wildman–Crippen MR) is 120 cm³/mol. The van der Waals surface area contributed by atoms with Crippen LogP contribution in [0.2, 0.25) is 0 Å². The molecule has 8 heteroatoms. The van der Waals surface area contributed by atoms with Crippen LogP contribution in [0.1, 0.15) is 74.6 Å². The summed E-state index contributed by atoms with van der Waals surface area (Å²) >= 11 is 0. The monoisotopic (exact) mass is 429 g/mol. The highest BCUT2D eigenvalue weighted by Crippen LogP contribution is 2.27. The van der Waals surface area contributed by atoms with E-state index in [9.17, 15) is 9.59 Å². The molecule has 0 saturated heterocycles. The molecule has 1 atom stereocenters. The highest BCUT2D eigenvalue weighted by Gasteiger charge is 2.28. The first-order chi connectivity index (χ1) is 14.5. The number of nitrogens with one attached hydrogen (secondary N) is 2. The fraction of sp³-hybridized carbons (Fsp3) is 0.652. The zero-order valence-electron chi connectivity index (χ0n) is 19.5. The number of aryl methyl sites for hydroxylation is 3. The molecule has 1 aliphatic rings. The van der Waals surface area contributed by atoms with E-state index in [1.807, 2.05) is 47.7 Å². The summed E-state index contributed by atoms with van der Waals surface area (Å²) in [5.41, 5.74) is 2.25. The molecule has 1 saturated carbocycles. The molecule has 0 aromatic carbocycles. The van der Waals surface area contributed by atoms with E-state index in [1.54, 1.807) is 4.68 Å². The van der Waals surface area contributed by atoms with Gasteiger partial charge in [0, 0.05) is 25.3 Å². The first-order valence-corrected chi connectivity index (χ1v) is 11.1. The molecule has 3 rings (SSSR count). The van der Waals surface area contributed by atoms with E-state index in [2.05, 4.69) is 20.7 Å². The molecule has 8 nitrogen and oxygen atoms in total. The number of nitrogens with zero attached hydrogens (tertiary/aromatic N) is 3. The molecule has 2 aromatic heterocycles. The molecule has 2 N–H and O–H groups in total. The van der Waals surface area contributed by atoms with Crippen molar-refractivity contribution in [3.63, 3.8) is 0 Å². The van der Waals surface area contributed by atoms with Crippen molar-refractivity contribution in [2.45, 2.75) is 78.4 Å². The standard InChI is InChI=1S/C23H35N5O3/c1-14-12-17(19-15(2)27-28(6)20(19)25-14)21(29)26-18(16-10-8-7-9-11-16)13-24-22(30)31-23(3,4)5/h12,16,18H,7-11,13H2,1-6H3,(H,24,30)(H,26,29). The topological polar surface area (TPSA) is 98.1 Å². The Balaban J connectivity index is 1.81. The fourth-order valence-electron chi connectivity index (χ4n) is 4.37. The number of carbonyl (C=O) groups excluding carboxylic acids is 2. The fourth-order valence-corrected chi connectivity index (χ4v) is 4.37. The van der Waals surface area contributed by atoms with Crippen molar-refractivity contribution in [3.8, 4) is 0 Å². The number of pyridine rings is 1. The van der Waals surface area contributed by atoms with E-state index >= 15 is 0 Å². The summed E-state index contributed by atoms with van der Waals surface area (Å²) < 4.78 is 7.08. The average Bonchev–Trinajstić information content (AvgIpc) is 2.97. The highest BCUT2D eigenvalue weighted by molar-refractivity contribution is 6.06. The number of amides is 2. The number of rotatable bonds is 5. The third-order valence-electron chi connectivity index (χ3n) is 5.74. The van der Waals surface area contributed by atoms with Crippen molar-refractivity contribution < 1.29 is 14.3 Å². The number of hydrogen-bond acceptors (Lipinski definition) is 5. The van der Waals surface area contributed by atoms with Crippen LogP contribution in [-0.2, 0) is 11.8 Å². The zero-order valence-corrected chi connectivity index (χ0v) is 19.5. The molecule has 2 amide bonds. The summed E-state index contributed by atoms with van der Waals surface area (Å²) in [5.74, 6) is 0.161. The van der Waals surface area contributed by atoms with Crippen molar-refractivity contribution in [2.24, 2.45) is 13.0 Å². The van der Waals surface area contributed by atoms with Gasteiger partial charge < -0.3 is 15.4 Å². The van der Waals surface area contributed by atoms with E-state index < -0.39 is 11.7 Å². The maximum Gasteiger partial charge on any atom is 0.407 e. The maximum absolute atomic E-state index is 13.4. The van der Waals surface area contributed by atoms with Gasteiger partial charge in [0.05, 0.1) is 16.6 Å². The summed E-state index contributed by atoms with van der Waals surface area (Å²) in [5, 5.41) is 11.3. The van der Waals surface area contributed by atoms with Gasteiger partial charge in [0.15, 0.2) is 5.65 Å².